The SMILES string of the molecule is COC(=O)c1c[nH]c(=O)c([C@H](CC(N)=O)c2ccc(OCCc3ccc(OC)cc3)cc2)c1O. The third kappa shape index (κ3) is 5.74. The van der Waals surface area contributed by atoms with Gasteiger partial charge >= 0.3 is 5.97 Å². The van der Waals surface area contributed by atoms with E-state index in [9.17, 15) is 19.5 Å². The molecule has 1 atom stereocenters. The molecular formula is C25H26N2O7. The van der Waals surface area contributed by atoms with Crippen LogP contribution in [-0.2, 0) is 16.0 Å². The number of amides is 1. The van der Waals surface area contributed by atoms with Gasteiger partial charge in [0.15, 0.2) is 0 Å². The van der Waals surface area contributed by atoms with Crippen molar-refractivity contribution >= 4 is 11.9 Å². The van der Waals surface area contributed by atoms with Crippen molar-refractivity contribution in [2.24, 2.45) is 5.73 Å². The zero-order valence-electron chi connectivity index (χ0n) is 18.9. The zero-order valence-corrected chi connectivity index (χ0v) is 18.9. The minimum atomic E-state index is -0.876. The fourth-order valence-corrected chi connectivity index (χ4v) is 3.59. The van der Waals surface area contributed by atoms with Crippen LogP contribution in [0.25, 0.3) is 0 Å². The highest BCUT2D eigenvalue weighted by atomic mass is 16.5. The Hall–Kier alpha value is -4.27. The van der Waals surface area contributed by atoms with Crippen molar-refractivity contribution in [3.05, 3.63) is 87.3 Å². The van der Waals surface area contributed by atoms with E-state index in [2.05, 4.69) is 9.72 Å². The number of methoxy groups -OCH3 is 2. The minimum absolute atomic E-state index is 0.144. The van der Waals surface area contributed by atoms with Crippen LogP contribution in [0.5, 0.6) is 17.2 Å². The normalized spacial score (nSPS) is 11.5. The second kappa shape index (κ2) is 11.0. The Bertz CT molecular complexity index is 1200. The monoisotopic (exact) mass is 466 g/mol. The molecule has 0 saturated heterocycles. The van der Waals surface area contributed by atoms with Gasteiger partial charge < -0.3 is 30.0 Å². The Labute approximate surface area is 196 Å². The first-order valence-electron chi connectivity index (χ1n) is 10.5. The van der Waals surface area contributed by atoms with E-state index in [1.54, 1.807) is 31.4 Å². The maximum absolute atomic E-state index is 12.5. The van der Waals surface area contributed by atoms with E-state index in [1.165, 1.54) is 0 Å². The van der Waals surface area contributed by atoms with E-state index in [0.717, 1.165) is 24.6 Å². The number of aromatic nitrogens is 1. The maximum Gasteiger partial charge on any atom is 0.343 e. The smallest absolute Gasteiger partial charge is 0.343 e. The molecule has 0 aliphatic rings. The van der Waals surface area contributed by atoms with Crippen LogP contribution in [0.4, 0.5) is 0 Å². The molecule has 0 saturated carbocycles. The number of carbonyl (C=O) groups excluding carboxylic acids is 2. The number of rotatable bonds is 10. The molecule has 1 heterocycles. The van der Waals surface area contributed by atoms with Gasteiger partial charge in [0.1, 0.15) is 22.8 Å². The predicted molar refractivity (Wildman–Crippen MR) is 124 cm³/mol. The molecule has 178 valence electrons. The Kier molecular flexibility index (Phi) is 7.92. The molecule has 1 amide bonds. The van der Waals surface area contributed by atoms with Gasteiger partial charge in [-0.05, 0) is 35.4 Å². The molecule has 0 radical (unpaired) electrons. The first kappa shape index (κ1) is 24.4. The molecule has 9 nitrogen and oxygen atoms in total. The number of nitrogens with one attached hydrogen (secondary N) is 1. The number of carbonyl (C=O) groups is 2. The van der Waals surface area contributed by atoms with Gasteiger partial charge in [0, 0.05) is 25.0 Å². The summed E-state index contributed by atoms with van der Waals surface area (Å²) in [6, 6.07) is 14.5. The summed E-state index contributed by atoms with van der Waals surface area (Å²) in [4.78, 5) is 38.6. The number of hydrogen-bond acceptors (Lipinski definition) is 7. The number of aromatic amines is 1. The Morgan fingerprint density at radius 2 is 1.68 bits per heavy atom. The van der Waals surface area contributed by atoms with Gasteiger partial charge in [0.05, 0.1) is 26.4 Å². The first-order chi connectivity index (χ1) is 16.3. The van der Waals surface area contributed by atoms with Crippen LogP contribution < -0.4 is 20.8 Å². The summed E-state index contributed by atoms with van der Waals surface area (Å²) >= 11 is 0. The Morgan fingerprint density at radius 1 is 1.03 bits per heavy atom. The molecule has 0 bridgehead atoms. The molecule has 3 aromatic rings. The fraction of sp³-hybridized carbons (Fsp3) is 0.240. The summed E-state index contributed by atoms with van der Waals surface area (Å²) in [5.41, 5.74) is 6.04. The minimum Gasteiger partial charge on any atom is -0.506 e. The van der Waals surface area contributed by atoms with E-state index in [-0.39, 0.29) is 17.5 Å². The van der Waals surface area contributed by atoms with Gasteiger partial charge in [0.25, 0.3) is 5.56 Å². The number of pyridine rings is 1. The largest absolute Gasteiger partial charge is 0.506 e. The molecular weight excluding hydrogens is 440 g/mol. The average Bonchev–Trinajstić information content (AvgIpc) is 2.83. The number of nitrogens with two attached hydrogens (primary N) is 1. The summed E-state index contributed by atoms with van der Waals surface area (Å²) in [6.07, 6.45) is 1.51. The van der Waals surface area contributed by atoms with E-state index >= 15 is 0 Å². The third-order valence-corrected chi connectivity index (χ3v) is 5.36. The van der Waals surface area contributed by atoms with Gasteiger partial charge in [-0.15, -0.1) is 0 Å². The van der Waals surface area contributed by atoms with Crippen molar-refractivity contribution < 1.29 is 28.9 Å². The lowest BCUT2D eigenvalue weighted by Gasteiger charge is -2.18. The van der Waals surface area contributed by atoms with Crippen molar-refractivity contribution in [3.8, 4) is 17.2 Å². The molecule has 2 aromatic carbocycles. The average molecular weight is 466 g/mol. The van der Waals surface area contributed by atoms with Crippen LogP contribution in [-0.4, -0.2) is 42.8 Å². The molecule has 0 spiro atoms. The number of H-pyrrole nitrogens is 1. The Balaban J connectivity index is 1.79. The van der Waals surface area contributed by atoms with Crippen LogP contribution in [0.1, 0.15) is 39.4 Å². The lowest BCUT2D eigenvalue weighted by Crippen LogP contribution is -2.23. The second-order valence-electron chi connectivity index (χ2n) is 7.52. The summed E-state index contributed by atoms with van der Waals surface area (Å²) in [6.45, 7) is 0.442. The summed E-state index contributed by atoms with van der Waals surface area (Å²) in [7, 11) is 2.77. The highest BCUT2D eigenvalue weighted by Crippen LogP contribution is 2.34. The van der Waals surface area contributed by atoms with Crippen LogP contribution in [0.2, 0.25) is 0 Å². The molecule has 4 N–H and O–H groups in total. The highest BCUT2D eigenvalue weighted by Gasteiger charge is 2.27. The van der Waals surface area contributed by atoms with Crippen LogP contribution >= 0.6 is 0 Å². The number of esters is 1. The van der Waals surface area contributed by atoms with Crippen LogP contribution in [0.3, 0.4) is 0 Å². The molecule has 1 aromatic heterocycles. The molecule has 0 unspecified atom stereocenters. The van der Waals surface area contributed by atoms with E-state index in [1.807, 2.05) is 24.3 Å². The quantitative estimate of drug-likeness (QED) is 0.390. The van der Waals surface area contributed by atoms with E-state index in [0.29, 0.717) is 24.3 Å². The molecule has 0 aliphatic carbocycles. The van der Waals surface area contributed by atoms with Crippen LogP contribution in [0.15, 0.2) is 59.5 Å². The van der Waals surface area contributed by atoms with Crippen molar-refractivity contribution in [2.45, 2.75) is 18.8 Å². The second-order valence-corrected chi connectivity index (χ2v) is 7.52. The summed E-state index contributed by atoms with van der Waals surface area (Å²) in [5.74, 6) is -1.55. The molecule has 9 heteroatoms. The molecule has 0 fully saturated rings. The maximum atomic E-state index is 12.5. The molecule has 34 heavy (non-hydrogen) atoms. The summed E-state index contributed by atoms with van der Waals surface area (Å²) < 4.78 is 15.6. The molecule has 3 rings (SSSR count). The standard InChI is InChI=1S/C25H26N2O7/c1-32-17-7-3-15(4-8-17)11-12-34-18-9-5-16(6-10-18)19(13-21(26)28)22-23(29)20(25(31)33-2)14-27-24(22)30/h3-10,14,19H,11-13H2,1-2H3,(H2,26,28)(H2,27,29,30)/t19-/m1/s1. The number of aromatic hydroxyl groups is 1. The van der Waals surface area contributed by atoms with Gasteiger partial charge in [-0.1, -0.05) is 24.3 Å². The highest BCUT2D eigenvalue weighted by molar-refractivity contribution is 5.92. The van der Waals surface area contributed by atoms with Crippen molar-refractivity contribution in [1.82, 2.24) is 4.98 Å². The van der Waals surface area contributed by atoms with Crippen molar-refractivity contribution in [3.63, 3.8) is 0 Å². The number of hydrogen-bond donors (Lipinski definition) is 3. The number of benzene rings is 2. The third-order valence-electron chi connectivity index (χ3n) is 5.36. The van der Waals surface area contributed by atoms with Gasteiger partial charge in [-0.25, -0.2) is 4.79 Å². The fourth-order valence-electron chi connectivity index (χ4n) is 3.59. The number of ether oxygens (including phenoxy) is 3. The van der Waals surface area contributed by atoms with Gasteiger partial charge in [0.2, 0.25) is 5.91 Å². The van der Waals surface area contributed by atoms with E-state index < -0.39 is 29.1 Å². The summed E-state index contributed by atoms with van der Waals surface area (Å²) in [5, 5.41) is 10.6. The Morgan fingerprint density at radius 3 is 2.26 bits per heavy atom. The van der Waals surface area contributed by atoms with Crippen LogP contribution in [0, 0.1) is 0 Å². The topological polar surface area (TPSA) is 141 Å². The lowest BCUT2D eigenvalue weighted by molar-refractivity contribution is -0.118. The van der Waals surface area contributed by atoms with Gasteiger partial charge in [-0.2, -0.15) is 0 Å². The molecule has 0 aliphatic heterocycles. The number of primary amides is 1. The first-order valence-corrected chi connectivity index (χ1v) is 10.5. The van der Waals surface area contributed by atoms with Gasteiger partial charge in [-0.3, -0.25) is 9.59 Å². The van der Waals surface area contributed by atoms with Crippen molar-refractivity contribution in [2.75, 3.05) is 20.8 Å². The zero-order chi connectivity index (χ0) is 24.7. The predicted octanol–water partition coefficient (Wildman–Crippen LogP) is 2.50. The van der Waals surface area contributed by atoms with E-state index in [4.69, 9.17) is 15.2 Å². The lowest BCUT2D eigenvalue weighted by atomic mass is 9.87. The van der Waals surface area contributed by atoms with Crippen molar-refractivity contribution in [1.29, 1.82) is 0 Å².